The van der Waals surface area contributed by atoms with Gasteiger partial charge in [-0.05, 0) is 123 Å². The maximum atomic E-state index is 2.54. The molecule has 0 aromatic heterocycles. The lowest BCUT2D eigenvalue weighted by Gasteiger charge is -2.22. The summed E-state index contributed by atoms with van der Waals surface area (Å²) >= 11 is 0. The Labute approximate surface area is 310 Å². The van der Waals surface area contributed by atoms with E-state index in [4.69, 9.17) is 0 Å². The fourth-order valence-electron chi connectivity index (χ4n) is 9.23. The molecule has 0 spiro atoms. The van der Waals surface area contributed by atoms with Crippen molar-refractivity contribution in [3.63, 3.8) is 0 Å². The van der Waals surface area contributed by atoms with Crippen molar-refractivity contribution in [2.24, 2.45) is 11.8 Å². The minimum atomic E-state index is 0.555. The van der Waals surface area contributed by atoms with Crippen molar-refractivity contribution in [2.45, 2.75) is 6.42 Å². The van der Waals surface area contributed by atoms with Gasteiger partial charge in [-0.3, -0.25) is 0 Å². The van der Waals surface area contributed by atoms with E-state index in [0.717, 1.165) is 0 Å². The number of allylic oxidation sites excluding steroid dienone is 4. The number of rotatable bonds is 5. The van der Waals surface area contributed by atoms with Gasteiger partial charge in [0.05, 0.1) is 0 Å². The van der Waals surface area contributed by atoms with Gasteiger partial charge in [0.2, 0.25) is 0 Å². The van der Waals surface area contributed by atoms with Gasteiger partial charge in [-0.15, -0.1) is 0 Å². The third-order valence-electron chi connectivity index (χ3n) is 11.7. The van der Waals surface area contributed by atoms with Crippen LogP contribution in [0, 0.1) is 11.8 Å². The molecule has 0 amide bonds. The molecule has 1 saturated carbocycles. The molecule has 0 N–H and O–H groups in total. The van der Waals surface area contributed by atoms with Crippen molar-refractivity contribution in [3.05, 3.63) is 205 Å². The Bertz CT molecular complexity index is 2910. The molecule has 9 aromatic carbocycles. The molecule has 2 aliphatic rings. The molecule has 9 aromatic rings. The van der Waals surface area contributed by atoms with E-state index in [-0.39, 0.29) is 0 Å². The number of benzene rings is 9. The van der Waals surface area contributed by atoms with Crippen molar-refractivity contribution in [1.29, 1.82) is 0 Å². The molecule has 1 fully saturated rings. The lowest BCUT2D eigenvalue weighted by molar-refractivity contribution is 1.01. The summed E-state index contributed by atoms with van der Waals surface area (Å²) in [6.45, 7) is 0. The van der Waals surface area contributed by atoms with E-state index >= 15 is 0 Å². The molecule has 0 heteroatoms. The van der Waals surface area contributed by atoms with E-state index in [1.807, 2.05) is 0 Å². The van der Waals surface area contributed by atoms with Crippen LogP contribution in [0.25, 0.3) is 87.6 Å². The van der Waals surface area contributed by atoms with Crippen LogP contribution in [-0.4, -0.2) is 0 Å². The standard InChI is InChI=1S/C53H36/c1-2-16-36(17-3-1)51-43-22-7-5-15-35(43)28-29-44(51)37-19-12-20-38(30-37)52-45-23-8-10-25-47(45)53(48-26-11-9-24-46(48)52)50-33-39(31-40-32-49(40)50)42-27-13-18-34-14-4-6-21-41(34)42/h1-31,33,40,49H,32H2. The van der Waals surface area contributed by atoms with Crippen LogP contribution in [0.15, 0.2) is 194 Å². The van der Waals surface area contributed by atoms with Crippen LogP contribution < -0.4 is 0 Å². The predicted molar refractivity (Wildman–Crippen MR) is 227 cm³/mol. The maximum Gasteiger partial charge on any atom is -0.00262 e. The Morgan fingerprint density at radius 2 is 0.906 bits per heavy atom. The zero-order chi connectivity index (χ0) is 34.9. The Morgan fingerprint density at radius 3 is 1.64 bits per heavy atom. The summed E-state index contributed by atoms with van der Waals surface area (Å²) in [6, 6.07) is 67.2. The van der Waals surface area contributed by atoms with Gasteiger partial charge in [-0.1, -0.05) is 188 Å². The number of fused-ring (bicyclic) bond motifs is 5. The SMILES string of the molecule is C1=C(c2cccc3ccccc23)C=C(c2c3ccccc3c(-c3cccc(-c4ccc5ccccc5c4-c4ccccc4)c3)c3ccccc23)C2CC12. The van der Waals surface area contributed by atoms with Gasteiger partial charge >= 0.3 is 0 Å². The molecule has 0 radical (unpaired) electrons. The summed E-state index contributed by atoms with van der Waals surface area (Å²) in [5.74, 6) is 1.14. The average Bonchev–Trinajstić information content (AvgIpc) is 4.02. The summed E-state index contributed by atoms with van der Waals surface area (Å²) in [6.07, 6.45) is 6.27. The topological polar surface area (TPSA) is 0 Å². The van der Waals surface area contributed by atoms with E-state index in [0.29, 0.717) is 11.8 Å². The summed E-state index contributed by atoms with van der Waals surface area (Å²) < 4.78 is 0. The molecule has 11 rings (SSSR count). The second kappa shape index (κ2) is 12.0. The monoisotopic (exact) mass is 672 g/mol. The van der Waals surface area contributed by atoms with Crippen molar-refractivity contribution in [1.82, 2.24) is 0 Å². The summed E-state index contributed by atoms with van der Waals surface area (Å²) in [4.78, 5) is 0. The van der Waals surface area contributed by atoms with Gasteiger partial charge in [0.25, 0.3) is 0 Å². The molecule has 0 aliphatic heterocycles. The lowest BCUT2D eigenvalue weighted by atomic mass is 9.81. The lowest BCUT2D eigenvalue weighted by Crippen LogP contribution is -2.00. The van der Waals surface area contributed by atoms with E-state index in [2.05, 4.69) is 194 Å². The average molecular weight is 673 g/mol. The third-order valence-corrected chi connectivity index (χ3v) is 11.7. The first-order valence-corrected chi connectivity index (χ1v) is 18.8. The molecule has 2 unspecified atom stereocenters. The Morgan fingerprint density at radius 1 is 0.358 bits per heavy atom. The largest absolute Gasteiger partial charge is 0.0729 e. The zero-order valence-corrected chi connectivity index (χ0v) is 29.3. The highest BCUT2D eigenvalue weighted by molar-refractivity contribution is 6.20. The van der Waals surface area contributed by atoms with Crippen molar-refractivity contribution in [2.75, 3.05) is 0 Å². The normalized spacial score (nSPS) is 16.5. The third kappa shape index (κ3) is 4.90. The van der Waals surface area contributed by atoms with Crippen LogP contribution in [0.1, 0.15) is 17.5 Å². The number of hydrogen-bond donors (Lipinski definition) is 0. The van der Waals surface area contributed by atoms with Crippen LogP contribution >= 0.6 is 0 Å². The van der Waals surface area contributed by atoms with Crippen LogP contribution in [-0.2, 0) is 0 Å². The minimum absolute atomic E-state index is 0.555. The van der Waals surface area contributed by atoms with Gasteiger partial charge in [0.15, 0.2) is 0 Å². The summed E-state index contributed by atoms with van der Waals surface area (Å²) in [7, 11) is 0. The molecule has 2 atom stereocenters. The molecule has 53 heavy (non-hydrogen) atoms. The predicted octanol–water partition coefficient (Wildman–Crippen LogP) is 14.4. The van der Waals surface area contributed by atoms with Gasteiger partial charge in [0.1, 0.15) is 0 Å². The number of hydrogen-bond acceptors (Lipinski definition) is 0. The molecular formula is C53H36. The fourth-order valence-corrected chi connectivity index (χ4v) is 9.23. The molecule has 0 nitrogen and oxygen atoms in total. The summed E-state index contributed by atoms with van der Waals surface area (Å²) in [5.41, 5.74) is 13.1. The molecule has 2 aliphatic carbocycles. The van der Waals surface area contributed by atoms with E-state index in [1.54, 1.807) is 0 Å². The first-order valence-electron chi connectivity index (χ1n) is 18.8. The fraction of sp³-hybridized carbons (Fsp3) is 0.0566. The Kier molecular flexibility index (Phi) is 6.85. The van der Waals surface area contributed by atoms with Crippen LogP contribution in [0.3, 0.4) is 0 Å². The Hall–Kier alpha value is -6.50. The van der Waals surface area contributed by atoms with Gasteiger partial charge in [-0.2, -0.15) is 0 Å². The highest BCUT2D eigenvalue weighted by Gasteiger charge is 2.42. The molecule has 0 heterocycles. The van der Waals surface area contributed by atoms with E-state index < -0.39 is 0 Å². The highest BCUT2D eigenvalue weighted by Crippen LogP contribution is 2.57. The van der Waals surface area contributed by atoms with Crippen molar-refractivity contribution < 1.29 is 0 Å². The molecule has 248 valence electrons. The second-order valence-corrected chi connectivity index (χ2v) is 14.8. The van der Waals surface area contributed by atoms with Crippen molar-refractivity contribution >= 4 is 54.2 Å². The minimum Gasteiger partial charge on any atom is -0.0729 e. The first kappa shape index (κ1) is 30.2. The van der Waals surface area contributed by atoms with E-state index in [1.165, 1.54) is 105 Å². The van der Waals surface area contributed by atoms with Crippen molar-refractivity contribution in [3.8, 4) is 33.4 Å². The molecule has 0 bridgehead atoms. The summed E-state index contributed by atoms with van der Waals surface area (Å²) in [5, 5.41) is 10.4. The Balaban J connectivity index is 1.12. The second-order valence-electron chi connectivity index (χ2n) is 14.8. The zero-order valence-electron chi connectivity index (χ0n) is 29.3. The quantitative estimate of drug-likeness (QED) is 0.160. The maximum absolute atomic E-state index is 2.54. The molecule has 0 saturated heterocycles. The molecular weight excluding hydrogens is 637 g/mol. The van der Waals surface area contributed by atoms with Crippen LogP contribution in [0.2, 0.25) is 0 Å². The van der Waals surface area contributed by atoms with Gasteiger partial charge < -0.3 is 0 Å². The highest BCUT2D eigenvalue weighted by atomic mass is 14.5. The van der Waals surface area contributed by atoms with E-state index in [9.17, 15) is 0 Å². The van der Waals surface area contributed by atoms with Gasteiger partial charge in [-0.25, -0.2) is 0 Å². The van der Waals surface area contributed by atoms with Crippen LogP contribution in [0.4, 0.5) is 0 Å². The smallest absolute Gasteiger partial charge is 0.00262 e. The first-order chi connectivity index (χ1) is 26.3. The van der Waals surface area contributed by atoms with Gasteiger partial charge in [0, 0.05) is 0 Å². The van der Waals surface area contributed by atoms with Crippen LogP contribution in [0.5, 0.6) is 0 Å².